The maximum absolute atomic E-state index is 12.6. The monoisotopic (exact) mass is 370 g/mol. The Kier molecular flexibility index (Phi) is 5.47. The first-order valence-electron chi connectivity index (χ1n) is 8.70. The molecule has 1 aliphatic heterocycles. The van der Waals surface area contributed by atoms with Gasteiger partial charge in [-0.15, -0.1) is 21.5 Å². The summed E-state index contributed by atoms with van der Waals surface area (Å²) in [4.78, 5) is 22.2. The molecule has 0 radical (unpaired) electrons. The van der Waals surface area contributed by atoms with Crippen LogP contribution in [0.25, 0.3) is 0 Å². The Morgan fingerprint density at radius 1 is 1.38 bits per heavy atom. The summed E-state index contributed by atoms with van der Waals surface area (Å²) in [7, 11) is 0. The quantitative estimate of drug-likeness (QED) is 0.820. The number of nitriles is 1. The zero-order valence-electron chi connectivity index (χ0n) is 15.2. The van der Waals surface area contributed by atoms with Crippen molar-refractivity contribution in [2.45, 2.75) is 39.2 Å². The fraction of sp³-hybridized carbons (Fsp3) is 0.500. The van der Waals surface area contributed by atoms with E-state index in [9.17, 15) is 4.79 Å². The Labute approximate surface area is 157 Å². The molecule has 0 saturated carbocycles. The second-order valence-corrected chi connectivity index (χ2v) is 7.91. The van der Waals surface area contributed by atoms with Gasteiger partial charge in [-0.25, -0.2) is 4.98 Å². The summed E-state index contributed by atoms with van der Waals surface area (Å²) in [5.41, 5.74) is 0.305. The Morgan fingerprint density at radius 2 is 2.19 bits per heavy atom. The van der Waals surface area contributed by atoms with Crippen LogP contribution >= 0.6 is 11.3 Å². The molecule has 0 aliphatic carbocycles. The summed E-state index contributed by atoms with van der Waals surface area (Å²) in [5.74, 6) is 1.30. The van der Waals surface area contributed by atoms with Gasteiger partial charge in [-0.05, 0) is 25.0 Å². The van der Waals surface area contributed by atoms with Gasteiger partial charge in [0.2, 0.25) is 5.91 Å². The van der Waals surface area contributed by atoms with Crippen molar-refractivity contribution in [3.8, 4) is 6.07 Å². The van der Waals surface area contributed by atoms with E-state index in [0.717, 1.165) is 10.8 Å². The number of rotatable bonds is 4. The van der Waals surface area contributed by atoms with Crippen molar-refractivity contribution in [2.75, 3.05) is 24.5 Å². The van der Waals surface area contributed by atoms with E-state index in [2.05, 4.69) is 40.9 Å². The third-order valence-electron chi connectivity index (χ3n) is 4.48. The molecular formula is C18H22N6OS. The molecule has 7 nitrogen and oxygen atoms in total. The molecule has 3 heterocycles. The van der Waals surface area contributed by atoms with Gasteiger partial charge in [-0.3, -0.25) is 4.79 Å². The molecule has 1 saturated heterocycles. The van der Waals surface area contributed by atoms with E-state index in [1.165, 1.54) is 4.88 Å². The lowest BCUT2D eigenvalue weighted by Gasteiger charge is -2.40. The molecule has 136 valence electrons. The molecule has 2 aromatic heterocycles. The summed E-state index contributed by atoms with van der Waals surface area (Å²) in [6, 6.07) is 5.58. The van der Waals surface area contributed by atoms with E-state index in [-0.39, 0.29) is 11.9 Å². The first kappa shape index (κ1) is 18.3. The van der Waals surface area contributed by atoms with Gasteiger partial charge in [0.15, 0.2) is 11.5 Å². The van der Waals surface area contributed by atoms with Crippen LogP contribution in [0.15, 0.2) is 18.3 Å². The van der Waals surface area contributed by atoms with Crippen LogP contribution in [0.2, 0.25) is 0 Å². The summed E-state index contributed by atoms with van der Waals surface area (Å²) in [6.07, 6.45) is 2.24. The number of amides is 1. The lowest BCUT2D eigenvalue weighted by Crippen LogP contribution is -2.54. The highest BCUT2D eigenvalue weighted by molar-refractivity contribution is 7.11. The van der Waals surface area contributed by atoms with Crippen molar-refractivity contribution in [1.29, 1.82) is 5.26 Å². The van der Waals surface area contributed by atoms with E-state index in [1.807, 2.05) is 23.2 Å². The average Bonchev–Trinajstić information content (AvgIpc) is 3.10. The number of anilines is 1. The number of hydrogen-bond acceptors (Lipinski definition) is 7. The number of carbonyl (C=O) groups is 1. The highest BCUT2D eigenvalue weighted by atomic mass is 32.1. The van der Waals surface area contributed by atoms with Crippen LogP contribution in [0.5, 0.6) is 0 Å². The molecule has 0 N–H and O–H groups in total. The SMILES string of the molecule is CC(C)c1cnc(CC(=O)N2CCN(c3ccc(C#N)nn3)[C@@H](C)C2)s1. The lowest BCUT2D eigenvalue weighted by atomic mass is 10.1. The first-order valence-corrected chi connectivity index (χ1v) is 9.52. The maximum atomic E-state index is 12.6. The van der Waals surface area contributed by atoms with E-state index < -0.39 is 0 Å². The van der Waals surface area contributed by atoms with Crippen LogP contribution < -0.4 is 4.90 Å². The predicted molar refractivity (Wildman–Crippen MR) is 100 cm³/mol. The van der Waals surface area contributed by atoms with Gasteiger partial charge in [0.1, 0.15) is 11.1 Å². The number of hydrogen-bond donors (Lipinski definition) is 0. The zero-order chi connectivity index (χ0) is 18.7. The molecule has 0 spiro atoms. The van der Waals surface area contributed by atoms with Crippen LogP contribution in [0, 0.1) is 11.3 Å². The van der Waals surface area contributed by atoms with E-state index >= 15 is 0 Å². The molecule has 1 amide bonds. The molecule has 1 atom stereocenters. The number of aromatic nitrogens is 3. The number of nitrogens with zero attached hydrogens (tertiary/aromatic N) is 6. The Balaban J connectivity index is 1.60. The summed E-state index contributed by atoms with van der Waals surface area (Å²) in [6.45, 7) is 8.32. The van der Waals surface area contributed by atoms with Crippen molar-refractivity contribution in [1.82, 2.24) is 20.1 Å². The third kappa shape index (κ3) is 3.99. The van der Waals surface area contributed by atoms with Crippen LogP contribution in [0.1, 0.15) is 42.3 Å². The van der Waals surface area contributed by atoms with Gasteiger partial charge >= 0.3 is 0 Å². The van der Waals surface area contributed by atoms with E-state index in [0.29, 0.717) is 37.7 Å². The smallest absolute Gasteiger partial charge is 0.229 e. The number of thiazole rings is 1. The minimum Gasteiger partial charge on any atom is -0.349 e. The van der Waals surface area contributed by atoms with Crippen molar-refractivity contribution < 1.29 is 4.79 Å². The molecular weight excluding hydrogens is 348 g/mol. The molecule has 0 aromatic carbocycles. The summed E-state index contributed by atoms with van der Waals surface area (Å²) >= 11 is 1.62. The fourth-order valence-corrected chi connectivity index (χ4v) is 3.89. The Bertz CT molecular complexity index is 810. The molecule has 3 rings (SSSR count). The van der Waals surface area contributed by atoms with Crippen LogP contribution in [-0.2, 0) is 11.2 Å². The van der Waals surface area contributed by atoms with Gasteiger partial charge in [0.05, 0.1) is 6.42 Å². The standard InChI is InChI=1S/C18H22N6OS/c1-12(2)15-10-20-17(26-15)8-18(25)23-6-7-24(13(3)11-23)16-5-4-14(9-19)21-22-16/h4-5,10,12-13H,6-8,11H2,1-3H3/t13-/m0/s1. The predicted octanol–water partition coefficient (Wildman–Crippen LogP) is 2.21. The Morgan fingerprint density at radius 3 is 2.77 bits per heavy atom. The average molecular weight is 370 g/mol. The van der Waals surface area contributed by atoms with E-state index in [1.54, 1.807) is 17.4 Å². The summed E-state index contributed by atoms with van der Waals surface area (Å²) in [5, 5.41) is 17.7. The number of piperazine rings is 1. The van der Waals surface area contributed by atoms with Gasteiger partial charge in [0.25, 0.3) is 0 Å². The van der Waals surface area contributed by atoms with Gasteiger partial charge < -0.3 is 9.80 Å². The van der Waals surface area contributed by atoms with Crippen LogP contribution in [-0.4, -0.2) is 51.7 Å². The van der Waals surface area contributed by atoms with Crippen molar-refractivity contribution in [3.05, 3.63) is 33.9 Å². The molecule has 0 unspecified atom stereocenters. The topological polar surface area (TPSA) is 86.0 Å². The second kappa shape index (κ2) is 7.79. The summed E-state index contributed by atoms with van der Waals surface area (Å²) < 4.78 is 0. The number of carbonyl (C=O) groups excluding carboxylic acids is 1. The highest BCUT2D eigenvalue weighted by Gasteiger charge is 2.28. The zero-order valence-corrected chi connectivity index (χ0v) is 16.0. The molecule has 26 heavy (non-hydrogen) atoms. The molecule has 1 aliphatic rings. The van der Waals surface area contributed by atoms with E-state index in [4.69, 9.17) is 5.26 Å². The lowest BCUT2D eigenvalue weighted by molar-refractivity contribution is -0.131. The Hall–Kier alpha value is -2.53. The minimum absolute atomic E-state index is 0.118. The van der Waals surface area contributed by atoms with Crippen molar-refractivity contribution >= 4 is 23.1 Å². The molecule has 1 fully saturated rings. The van der Waals surface area contributed by atoms with Gasteiger partial charge in [0, 0.05) is 36.8 Å². The largest absolute Gasteiger partial charge is 0.349 e. The van der Waals surface area contributed by atoms with Gasteiger partial charge in [-0.2, -0.15) is 5.26 Å². The van der Waals surface area contributed by atoms with Crippen molar-refractivity contribution in [3.63, 3.8) is 0 Å². The fourth-order valence-electron chi connectivity index (χ4n) is 2.98. The third-order valence-corrected chi connectivity index (χ3v) is 5.78. The van der Waals surface area contributed by atoms with Crippen molar-refractivity contribution in [2.24, 2.45) is 0 Å². The molecule has 8 heteroatoms. The van der Waals surface area contributed by atoms with Crippen LogP contribution in [0.4, 0.5) is 5.82 Å². The molecule has 2 aromatic rings. The maximum Gasteiger partial charge on any atom is 0.229 e. The van der Waals surface area contributed by atoms with Crippen LogP contribution in [0.3, 0.4) is 0 Å². The van der Waals surface area contributed by atoms with Gasteiger partial charge in [-0.1, -0.05) is 13.8 Å². The first-order chi connectivity index (χ1) is 12.5. The highest BCUT2D eigenvalue weighted by Crippen LogP contribution is 2.23. The molecule has 0 bridgehead atoms. The normalized spacial score (nSPS) is 17.4. The second-order valence-electron chi connectivity index (χ2n) is 6.76. The minimum atomic E-state index is 0.118.